The fraction of sp³-hybridized carbons (Fsp3) is 0. The molecule has 0 aliphatic rings. The second-order valence-electron chi connectivity index (χ2n) is 6.14. The predicted octanol–water partition coefficient (Wildman–Crippen LogP) is 3.52. The Balaban J connectivity index is 1.86. The number of para-hydroxylation sites is 1. The van der Waals surface area contributed by atoms with Crippen molar-refractivity contribution in [2.24, 2.45) is 10.2 Å². The van der Waals surface area contributed by atoms with Crippen molar-refractivity contribution in [3.8, 4) is 5.69 Å². The number of imidazole rings is 1. The summed E-state index contributed by atoms with van der Waals surface area (Å²) in [6, 6.07) is 28.6. The van der Waals surface area contributed by atoms with Crippen molar-refractivity contribution in [1.82, 2.24) is 9.55 Å². The number of hydrogen-bond donors (Lipinski definition) is 1. The van der Waals surface area contributed by atoms with Gasteiger partial charge in [-0.15, -0.1) is 0 Å². The molecule has 0 amide bonds. The summed E-state index contributed by atoms with van der Waals surface area (Å²) in [5, 5.41) is 8.82. The Morgan fingerprint density at radius 1 is 0.786 bits per heavy atom. The van der Waals surface area contributed by atoms with E-state index in [9.17, 15) is 4.79 Å². The summed E-state index contributed by atoms with van der Waals surface area (Å²) < 4.78 is 1.60. The van der Waals surface area contributed by atoms with Crippen LogP contribution in [0.5, 0.6) is 0 Å². The number of nitrogens with zero attached hydrogens (tertiary/aromatic N) is 3. The van der Waals surface area contributed by atoms with Crippen LogP contribution in [0.2, 0.25) is 0 Å². The number of rotatable bonds is 4. The highest BCUT2D eigenvalue weighted by atomic mass is 16.1. The van der Waals surface area contributed by atoms with E-state index in [1.807, 2.05) is 97.1 Å². The first-order chi connectivity index (χ1) is 13.8. The van der Waals surface area contributed by atoms with Crippen LogP contribution >= 0.6 is 0 Å². The normalized spacial score (nSPS) is 12.7. The summed E-state index contributed by atoms with van der Waals surface area (Å²) in [5.41, 5.74) is 2.86. The van der Waals surface area contributed by atoms with Gasteiger partial charge in [-0.1, -0.05) is 66.7 Å². The Labute approximate surface area is 161 Å². The third-order valence-electron chi connectivity index (χ3n) is 4.17. The van der Waals surface area contributed by atoms with Crippen LogP contribution < -0.4 is 16.4 Å². The molecule has 0 spiro atoms. The Kier molecular flexibility index (Phi) is 5.06. The topological polar surface area (TPSA) is 62.5 Å². The molecule has 136 valence electrons. The molecule has 1 N–H and O–H groups in total. The lowest BCUT2D eigenvalue weighted by atomic mass is 10.2. The molecule has 5 heteroatoms. The Morgan fingerprint density at radius 2 is 1.39 bits per heavy atom. The highest BCUT2D eigenvalue weighted by Gasteiger charge is 2.05. The third-order valence-corrected chi connectivity index (χ3v) is 4.17. The number of aromatic nitrogens is 2. The molecule has 0 aliphatic carbocycles. The van der Waals surface area contributed by atoms with Crippen molar-refractivity contribution < 1.29 is 0 Å². The zero-order valence-electron chi connectivity index (χ0n) is 15.1. The largest absolute Gasteiger partial charge is 0.335 e. The maximum absolute atomic E-state index is 13.0. The quantitative estimate of drug-likeness (QED) is 0.552. The highest BCUT2D eigenvalue weighted by Crippen LogP contribution is 2.09. The van der Waals surface area contributed by atoms with E-state index in [1.54, 1.807) is 10.8 Å². The average molecular weight is 366 g/mol. The SMILES string of the molecule is O=c1/c(=C/c2ccccc2)[nH]/c(=C\N=Nc2ccccc2)n1-c1ccccc1. The van der Waals surface area contributed by atoms with Gasteiger partial charge in [0.05, 0.1) is 17.6 Å². The predicted molar refractivity (Wildman–Crippen MR) is 111 cm³/mol. The van der Waals surface area contributed by atoms with Crippen molar-refractivity contribution in [2.75, 3.05) is 0 Å². The summed E-state index contributed by atoms with van der Waals surface area (Å²) in [5.74, 6) is 0. The molecular weight excluding hydrogens is 348 g/mol. The molecule has 0 fully saturated rings. The number of H-pyrrole nitrogens is 1. The first-order valence-electron chi connectivity index (χ1n) is 8.90. The van der Waals surface area contributed by atoms with Gasteiger partial charge in [-0.05, 0) is 35.9 Å². The Bertz CT molecular complexity index is 1260. The van der Waals surface area contributed by atoms with Crippen LogP contribution in [0.4, 0.5) is 5.69 Å². The van der Waals surface area contributed by atoms with E-state index < -0.39 is 0 Å². The van der Waals surface area contributed by atoms with E-state index in [-0.39, 0.29) is 5.56 Å². The molecule has 0 bridgehead atoms. The molecule has 0 aliphatic heterocycles. The lowest BCUT2D eigenvalue weighted by molar-refractivity contribution is 0.957. The van der Waals surface area contributed by atoms with Gasteiger partial charge in [-0.2, -0.15) is 10.2 Å². The van der Waals surface area contributed by atoms with E-state index in [0.717, 1.165) is 16.9 Å². The minimum atomic E-state index is -0.142. The van der Waals surface area contributed by atoms with Crippen LogP contribution in [0.1, 0.15) is 5.56 Å². The first-order valence-corrected chi connectivity index (χ1v) is 8.90. The molecule has 4 aromatic rings. The van der Waals surface area contributed by atoms with E-state index >= 15 is 0 Å². The van der Waals surface area contributed by atoms with E-state index in [2.05, 4.69) is 15.2 Å². The molecule has 1 heterocycles. The molecule has 0 saturated heterocycles. The molecule has 0 unspecified atom stereocenters. The van der Waals surface area contributed by atoms with Crippen LogP contribution in [0.15, 0.2) is 106 Å². The Hall–Kier alpha value is -3.99. The molecule has 3 aromatic carbocycles. The standard InChI is InChI=1S/C23H18N4O/c28-23-21(16-18-10-4-1-5-11-18)25-22(27(23)20-14-8-3-9-15-20)17-24-26-19-12-6-2-7-13-19/h1-17,25H/b21-16-,22-17+,26-24?. The third kappa shape index (κ3) is 3.88. The van der Waals surface area contributed by atoms with Crippen LogP contribution in [0.25, 0.3) is 18.0 Å². The van der Waals surface area contributed by atoms with Crippen LogP contribution in [0, 0.1) is 0 Å². The van der Waals surface area contributed by atoms with Gasteiger partial charge in [0.1, 0.15) is 10.8 Å². The Morgan fingerprint density at radius 3 is 2.07 bits per heavy atom. The van der Waals surface area contributed by atoms with Gasteiger partial charge >= 0.3 is 0 Å². The van der Waals surface area contributed by atoms with Gasteiger partial charge < -0.3 is 4.98 Å². The van der Waals surface area contributed by atoms with Gasteiger partial charge in [0.2, 0.25) is 0 Å². The molecule has 0 radical (unpaired) electrons. The minimum absolute atomic E-state index is 0.142. The molecule has 4 rings (SSSR count). The van der Waals surface area contributed by atoms with Crippen molar-refractivity contribution >= 4 is 18.0 Å². The average Bonchev–Trinajstić information content (AvgIpc) is 3.05. The zero-order chi connectivity index (χ0) is 19.2. The fourth-order valence-electron chi connectivity index (χ4n) is 2.86. The number of benzene rings is 3. The smallest absolute Gasteiger partial charge is 0.280 e. The second-order valence-corrected chi connectivity index (χ2v) is 6.14. The fourth-order valence-corrected chi connectivity index (χ4v) is 2.86. The van der Waals surface area contributed by atoms with E-state index in [4.69, 9.17) is 0 Å². The lowest BCUT2D eigenvalue weighted by Gasteiger charge is -2.00. The van der Waals surface area contributed by atoms with Gasteiger partial charge in [0.25, 0.3) is 5.56 Å². The lowest BCUT2D eigenvalue weighted by Crippen LogP contribution is -2.30. The van der Waals surface area contributed by atoms with Crippen LogP contribution in [0.3, 0.4) is 0 Å². The number of nitrogens with one attached hydrogen (secondary N) is 1. The van der Waals surface area contributed by atoms with Crippen LogP contribution in [-0.2, 0) is 0 Å². The summed E-state index contributed by atoms with van der Waals surface area (Å²) >= 11 is 0. The molecular formula is C23H18N4O. The number of azo groups is 1. The van der Waals surface area contributed by atoms with Crippen molar-refractivity contribution in [1.29, 1.82) is 0 Å². The van der Waals surface area contributed by atoms with Crippen molar-refractivity contribution in [3.63, 3.8) is 0 Å². The summed E-state index contributed by atoms with van der Waals surface area (Å²) in [7, 11) is 0. The van der Waals surface area contributed by atoms with Gasteiger partial charge in [0, 0.05) is 0 Å². The van der Waals surface area contributed by atoms with Crippen molar-refractivity contribution in [3.05, 3.63) is 118 Å². The van der Waals surface area contributed by atoms with Gasteiger partial charge in [-0.25, -0.2) is 0 Å². The maximum atomic E-state index is 13.0. The first kappa shape index (κ1) is 17.4. The summed E-state index contributed by atoms with van der Waals surface area (Å²) in [4.78, 5) is 16.2. The van der Waals surface area contributed by atoms with Gasteiger partial charge in [0.15, 0.2) is 0 Å². The maximum Gasteiger partial charge on any atom is 0.280 e. The second kappa shape index (κ2) is 8.14. The highest BCUT2D eigenvalue weighted by molar-refractivity contribution is 5.48. The molecule has 0 saturated carbocycles. The molecule has 0 atom stereocenters. The zero-order valence-corrected chi connectivity index (χ0v) is 15.1. The monoisotopic (exact) mass is 366 g/mol. The minimum Gasteiger partial charge on any atom is -0.335 e. The summed E-state index contributed by atoms with van der Waals surface area (Å²) in [6.07, 6.45) is 3.39. The van der Waals surface area contributed by atoms with E-state index in [0.29, 0.717) is 10.8 Å². The molecule has 28 heavy (non-hydrogen) atoms. The number of aromatic amines is 1. The van der Waals surface area contributed by atoms with Gasteiger partial charge in [-0.3, -0.25) is 9.36 Å². The van der Waals surface area contributed by atoms with Crippen molar-refractivity contribution in [2.45, 2.75) is 0 Å². The number of hydrogen-bond acceptors (Lipinski definition) is 3. The van der Waals surface area contributed by atoms with Crippen LogP contribution in [-0.4, -0.2) is 9.55 Å². The summed E-state index contributed by atoms with van der Waals surface area (Å²) in [6.45, 7) is 0. The molecule has 5 nitrogen and oxygen atoms in total. The molecule has 1 aromatic heterocycles. The van der Waals surface area contributed by atoms with E-state index in [1.165, 1.54) is 0 Å².